The molecular weight excluding hydrogens is 266 g/mol. The van der Waals surface area contributed by atoms with Crippen LogP contribution in [0.1, 0.15) is 31.4 Å². The maximum atomic E-state index is 11.8. The molecule has 2 nitrogen and oxygen atoms in total. The molecule has 0 atom stereocenters. The molecule has 3 heteroatoms. The van der Waals surface area contributed by atoms with Crippen LogP contribution in [0.3, 0.4) is 0 Å². The van der Waals surface area contributed by atoms with E-state index in [4.69, 9.17) is 0 Å². The molecule has 1 aromatic rings. The number of carbonyl (C=O) groups excluding carboxylic acids is 1. The van der Waals surface area contributed by atoms with E-state index in [0.29, 0.717) is 0 Å². The van der Waals surface area contributed by atoms with Gasteiger partial charge in [0.25, 0.3) is 0 Å². The Morgan fingerprint density at radius 2 is 2.00 bits per heavy atom. The van der Waals surface area contributed by atoms with E-state index in [-0.39, 0.29) is 5.91 Å². The zero-order chi connectivity index (χ0) is 11.8. The van der Waals surface area contributed by atoms with E-state index in [1.165, 1.54) is 24.0 Å². The molecule has 1 aliphatic rings. The number of hydrogen-bond donors (Lipinski definition) is 1. The fourth-order valence-corrected chi connectivity index (χ4v) is 2.03. The minimum absolute atomic E-state index is 0.00885. The molecule has 0 fully saturated rings. The van der Waals surface area contributed by atoms with Crippen molar-refractivity contribution < 1.29 is 4.79 Å². The average Bonchev–Trinajstić information content (AvgIpc) is 2.63. The molecule has 0 spiro atoms. The SMILES string of the molecule is CC(C)(Br)C(=O)Nc1ccc2c(c1)CCC2. The number of fused-ring (bicyclic) bond motifs is 1. The Kier molecular flexibility index (Phi) is 3.06. The van der Waals surface area contributed by atoms with Gasteiger partial charge in [-0.2, -0.15) is 0 Å². The van der Waals surface area contributed by atoms with E-state index in [9.17, 15) is 4.79 Å². The first-order valence-electron chi connectivity index (χ1n) is 5.59. The Balaban J connectivity index is 2.14. The highest BCUT2D eigenvalue weighted by Gasteiger charge is 2.23. The molecule has 2 rings (SSSR count). The molecule has 0 aliphatic heterocycles. The summed E-state index contributed by atoms with van der Waals surface area (Å²) in [5.74, 6) is -0.00885. The Labute approximate surface area is 105 Å². The summed E-state index contributed by atoms with van der Waals surface area (Å²) in [7, 11) is 0. The van der Waals surface area contributed by atoms with Crippen LogP contribution >= 0.6 is 15.9 Å². The molecule has 0 saturated heterocycles. The summed E-state index contributed by atoms with van der Waals surface area (Å²) in [4.78, 5) is 11.8. The number of aryl methyl sites for hydroxylation is 2. The first-order chi connectivity index (χ1) is 7.47. The molecular formula is C13H16BrNO. The Hall–Kier alpha value is -0.830. The first kappa shape index (κ1) is 11.6. The third-order valence-corrected chi connectivity index (χ3v) is 3.26. The normalized spacial score (nSPS) is 14.7. The van der Waals surface area contributed by atoms with Crippen LogP contribution in [0.25, 0.3) is 0 Å². The molecule has 86 valence electrons. The van der Waals surface area contributed by atoms with Gasteiger partial charge in [0.15, 0.2) is 0 Å². The van der Waals surface area contributed by atoms with E-state index in [2.05, 4.69) is 33.4 Å². The number of hydrogen-bond acceptors (Lipinski definition) is 1. The largest absolute Gasteiger partial charge is 0.325 e. The van der Waals surface area contributed by atoms with Crippen LogP contribution in [0.4, 0.5) is 5.69 Å². The van der Waals surface area contributed by atoms with Gasteiger partial charge < -0.3 is 5.32 Å². The Morgan fingerprint density at radius 3 is 2.69 bits per heavy atom. The van der Waals surface area contributed by atoms with Crippen molar-refractivity contribution in [2.24, 2.45) is 0 Å². The highest BCUT2D eigenvalue weighted by molar-refractivity contribution is 9.10. The summed E-state index contributed by atoms with van der Waals surface area (Å²) >= 11 is 3.35. The summed E-state index contributed by atoms with van der Waals surface area (Å²) in [6.45, 7) is 3.69. The van der Waals surface area contributed by atoms with Crippen molar-refractivity contribution >= 4 is 27.5 Å². The zero-order valence-corrected chi connectivity index (χ0v) is 11.2. The van der Waals surface area contributed by atoms with Crippen molar-refractivity contribution in [1.29, 1.82) is 0 Å². The van der Waals surface area contributed by atoms with Crippen molar-refractivity contribution in [3.05, 3.63) is 29.3 Å². The Bertz CT molecular complexity index is 420. The number of nitrogens with one attached hydrogen (secondary N) is 1. The number of alkyl halides is 1. The van der Waals surface area contributed by atoms with Crippen LogP contribution in [-0.2, 0) is 17.6 Å². The van der Waals surface area contributed by atoms with Gasteiger partial charge in [0.05, 0.1) is 4.32 Å². The molecule has 1 aromatic carbocycles. The summed E-state index contributed by atoms with van der Waals surface area (Å²) in [6.07, 6.45) is 3.54. The highest BCUT2D eigenvalue weighted by atomic mass is 79.9. The minimum atomic E-state index is -0.522. The van der Waals surface area contributed by atoms with Crippen LogP contribution in [0.15, 0.2) is 18.2 Å². The van der Waals surface area contributed by atoms with Gasteiger partial charge in [-0.15, -0.1) is 0 Å². The molecule has 0 bridgehead atoms. The zero-order valence-electron chi connectivity index (χ0n) is 9.64. The maximum Gasteiger partial charge on any atom is 0.240 e. The summed E-state index contributed by atoms with van der Waals surface area (Å²) in [5.41, 5.74) is 3.71. The number of amides is 1. The third-order valence-electron chi connectivity index (χ3n) is 2.90. The topological polar surface area (TPSA) is 29.1 Å². The predicted octanol–water partition coefficient (Wildman–Crippen LogP) is 3.29. The first-order valence-corrected chi connectivity index (χ1v) is 6.38. The second kappa shape index (κ2) is 4.21. The van der Waals surface area contributed by atoms with E-state index >= 15 is 0 Å². The Morgan fingerprint density at radius 1 is 1.31 bits per heavy atom. The van der Waals surface area contributed by atoms with Gasteiger partial charge in [-0.3, -0.25) is 4.79 Å². The van der Waals surface area contributed by atoms with Gasteiger partial charge in [-0.1, -0.05) is 22.0 Å². The smallest absolute Gasteiger partial charge is 0.240 e. The standard InChI is InChI=1S/C13H16BrNO/c1-13(2,14)12(16)15-11-7-6-9-4-3-5-10(9)8-11/h6-8H,3-5H2,1-2H3,(H,15,16). The van der Waals surface area contributed by atoms with Crippen molar-refractivity contribution in [3.8, 4) is 0 Å². The van der Waals surface area contributed by atoms with E-state index in [1.807, 2.05) is 19.9 Å². The number of rotatable bonds is 2. The van der Waals surface area contributed by atoms with Crippen molar-refractivity contribution in [1.82, 2.24) is 0 Å². The maximum absolute atomic E-state index is 11.8. The number of carbonyl (C=O) groups is 1. The lowest BCUT2D eigenvalue weighted by atomic mass is 10.1. The second-order valence-corrected chi connectivity index (χ2v) is 6.75. The van der Waals surface area contributed by atoms with Gasteiger partial charge in [0, 0.05) is 5.69 Å². The molecule has 16 heavy (non-hydrogen) atoms. The average molecular weight is 282 g/mol. The molecule has 1 amide bonds. The predicted molar refractivity (Wildman–Crippen MR) is 70.1 cm³/mol. The number of benzene rings is 1. The number of halogens is 1. The quantitative estimate of drug-likeness (QED) is 0.829. The molecule has 0 heterocycles. The third kappa shape index (κ3) is 2.46. The summed E-state index contributed by atoms with van der Waals surface area (Å²) in [6, 6.07) is 6.21. The van der Waals surface area contributed by atoms with Crippen LogP contribution in [-0.4, -0.2) is 10.2 Å². The summed E-state index contributed by atoms with van der Waals surface area (Å²) in [5, 5.41) is 2.93. The lowest BCUT2D eigenvalue weighted by Crippen LogP contribution is -2.30. The van der Waals surface area contributed by atoms with Crippen LogP contribution in [0.2, 0.25) is 0 Å². The van der Waals surface area contributed by atoms with Gasteiger partial charge >= 0.3 is 0 Å². The molecule has 0 aromatic heterocycles. The van der Waals surface area contributed by atoms with Crippen molar-refractivity contribution in [2.45, 2.75) is 37.4 Å². The minimum Gasteiger partial charge on any atom is -0.325 e. The lowest BCUT2D eigenvalue weighted by molar-refractivity contribution is -0.117. The number of anilines is 1. The van der Waals surface area contributed by atoms with Gasteiger partial charge in [0.1, 0.15) is 0 Å². The van der Waals surface area contributed by atoms with Crippen molar-refractivity contribution in [2.75, 3.05) is 5.32 Å². The van der Waals surface area contributed by atoms with Crippen LogP contribution in [0.5, 0.6) is 0 Å². The van der Waals surface area contributed by atoms with E-state index in [1.54, 1.807) is 0 Å². The van der Waals surface area contributed by atoms with Gasteiger partial charge in [-0.05, 0) is 56.4 Å². The van der Waals surface area contributed by atoms with Gasteiger partial charge in [-0.25, -0.2) is 0 Å². The monoisotopic (exact) mass is 281 g/mol. The lowest BCUT2D eigenvalue weighted by Gasteiger charge is -2.16. The highest BCUT2D eigenvalue weighted by Crippen LogP contribution is 2.26. The molecule has 0 unspecified atom stereocenters. The molecule has 0 radical (unpaired) electrons. The van der Waals surface area contributed by atoms with E-state index < -0.39 is 4.32 Å². The molecule has 1 aliphatic carbocycles. The fraction of sp³-hybridized carbons (Fsp3) is 0.462. The molecule has 1 N–H and O–H groups in total. The molecule has 0 saturated carbocycles. The van der Waals surface area contributed by atoms with E-state index in [0.717, 1.165) is 12.1 Å². The van der Waals surface area contributed by atoms with Gasteiger partial charge in [0.2, 0.25) is 5.91 Å². The van der Waals surface area contributed by atoms with Crippen LogP contribution < -0.4 is 5.32 Å². The summed E-state index contributed by atoms with van der Waals surface area (Å²) < 4.78 is -0.522. The van der Waals surface area contributed by atoms with Crippen LogP contribution in [0, 0.1) is 0 Å². The fourth-order valence-electron chi connectivity index (χ4n) is 1.93. The van der Waals surface area contributed by atoms with Crippen molar-refractivity contribution in [3.63, 3.8) is 0 Å². The second-order valence-electron chi connectivity index (χ2n) is 4.76.